The molecule has 3 amide bonds. The third-order valence-corrected chi connectivity index (χ3v) is 4.28. The number of rotatable bonds is 5. The minimum Gasteiger partial charge on any atom is -0.370 e. The molecule has 3 rings (SSSR count). The lowest BCUT2D eigenvalue weighted by Crippen LogP contribution is -2.36. The van der Waals surface area contributed by atoms with Crippen molar-refractivity contribution < 1.29 is 14.4 Å². The van der Waals surface area contributed by atoms with Crippen molar-refractivity contribution in [2.45, 2.75) is 19.4 Å². The highest BCUT2D eigenvalue weighted by atomic mass is 35.5. The number of carbonyl (C=O) groups is 3. The zero-order chi connectivity index (χ0) is 20.5. The Morgan fingerprint density at radius 3 is 2.61 bits per heavy atom. The lowest BCUT2D eigenvalue weighted by atomic mass is 10.0. The summed E-state index contributed by atoms with van der Waals surface area (Å²) >= 11 is 5.54. The van der Waals surface area contributed by atoms with Crippen molar-refractivity contribution in [1.29, 1.82) is 0 Å². The van der Waals surface area contributed by atoms with Crippen LogP contribution in [0.2, 0.25) is 5.02 Å². The SMILES string of the molecule is C=CC(=O)N1CCc2[nH]nc(C(=O)NCCC(N)=O)c2C1.Clc1ccccc1. The van der Waals surface area contributed by atoms with E-state index in [0.717, 1.165) is 10.7 Å². The number of nitrogens with zero attached hydrogens (tertiary/aromatic N) is 2. The van der Waals surface area contributed by atoms with E-state index in [1.807, 2.05) is 30.3 Å². The lowest BCUT2D eigenvalue weighted by Gasteiger charge is -2.25. The highest BCUT2D eigenvalue weighted by Crippen LogP contribution is 2.20. The Hall–Kier alpha value is -3.13. The number of hydrogen-bond acceptors (Lipinski definition) is 4. The van der Waals surface area contributed by atoms with Gasteiger partial charge < -0.3 is 16.0 Å². The predicted octanol–water partition coefficient (Wildman–Crippen LogP) is 1.43. The van der Waals surface area contributed by atoms with E-state index in [0.29, 0.717) is 25.1 Å². The Labute approximate surface area is 167 Å². The van der Waals surface area contributed by atoms with Gasteiger partial charge in [-0.15, -0.1) is 0 Å². The fraction of sp³-hybridized carbons (Fsp3) is 0.263. The van der Waals surface area contributed by atoms with Gasteiger partial charge in [0.2, 0.25) is 11.8 Å². The third kappa shape index (κ3) is 5.95. The molecule has 1 aromatic heterocycles. The second-order valence-electron chi connectivity index (χ2n) is 6.01. The molecule has 0 saturated heterocycles. The smallest absolute Gasteiger partial charge is 0.272 e. The van der Waals surface area contributed by atoms with Crippen molar-refractivity contribution >= 4 is 29.3 Å². The van der Waals surface area contributed by atoms with Crippen molar-refractivity contribution in [3.8, 4) is 0 Å². The maximum absolute atomic E-state index is 12.0. The lowest BCUT2D eigenvalue weighted by molar-refractivity contribution is -0.126. The van der Waals surface area contributed by atoms with E-state index in [9.17, 15) is 14.4 Å². The van der Waals surface area contributed by atoms with Crippen LogP contribution >= 0.6 is 11.6 Å². The second-order valence-corrected chi connectivity index (χ2v) is 6.45. The summed E-state index contributed by atoms with van der Waals surface area (Å²) in [6.07, 6.45) is 1.92. The maximum Gasteiger partial charge on any atom is 0.272 e. The first kappa shape index (κ1) is 21.2. The Morgan fingerprint density at radius 2 is 2.04 bits per heavy atom. The number of aromatic amines is 1. The molecule has 8 nitrogen and oxygen atoms in total. The normalized spacial score (nSPS) is 12.2. The molecule has 28 heavy (non-hydrogen) atoms. The number of nitrogens with one attached hydrogen (secondary N) is 2. The van der Waals surface area contributed by atoms with Crippen LogP contribution in [0.1, 0.15) is 28.2 Å². The quantitative estimate of drug-likeness (QED) is 0.653. The predicted molar refractivity (Wildman–Crippen MR) is 106 cm³/mol. The van der Waals surface area contributed by atoms with E-state index >= 15 is 0 Å². The topological polar surface area (TPSA) is 121 Å². The van der Waals surface area contributed by atoms with Crippen LogP contribution in [-0.2, 0) is 22.6 Å². The number of hydrogen-bond donors (Lipinski definition) is 3. The fourth-order valence-electron chi connectivity index (χ4n) is 2.60. The van der Waals surface area contributed by atoms with E-state index in [1.165, 1.54) is 6.08 Å². The molecule has 0 aliphatic carbocycles. The Morgan fingerprint density at radius 1 is 1.32 bits per heavy atom. The van der Waals surface area contributed by atoms with E-state index in [-0.39, 0.29) is 30.5 Å². The van der Waals surface area contributed by atoms with Gasteiger partial charge in [0.05, 0.1) is 6.54 Å². The minimum absolute atomic E-state index is 0.0689. The number of nitrogens with two attached hydrogens (primary N) is 1. The van der Waals surface area contributed by atoms with Crippen LogP contribution in [0.4, 0.5) is 0 Å². The average Bonchev–Trinajstić information content (AvgIpc) is 3.11. The number of halogens is 1. The summed E-state index contributed by atoms with van der Waals surface area (Å²) in [5, 5.41) is 10.2. The van der Waals surface area contributed by atoms with Crippen LogP contribution in [0.25, 0.3) is 0 Å². The molecule has 4 N–H and O–H groups in total. The van der Waals surface area contributed by atoms with Gasteiger partial charge in [-0.05, 0) is 18.2 Å². The summed E-state index contributed by atoms with van der Waals surface area (Å²) in [6.45, 7) is 4.49. The first-order valence-corrected chi connectivity index (χ1v) is 9.04. The highest BCUT2D eigenvalue weighted by Gasteiger charge is 2.26. The molecular weight excluding hydrogens is 382 g/mol. The standard InChI is InChI=1S/C13H17N5O3.C6H5Cl/c1-2-11(20)18-6-4-9-8(7-18)12(17-16-9)13(21)15-5-3-10(14)19;7-6-4-2-1-3-5-6/h2H,1,3-7H2,(H2,14,19)(H,15,21)(H,16,17);1-5H. The summed E-state index contributed by atoms with van der Waals surface area (Å²) in [7, 11) is 0. The zero-order valence-electron chi connectivity index (χ0n) is 15.3. The van der Waals surface area contributed by atoms with Gasteiger partial charge >= 0.3 is 0 Å². The fourth-order valence-corrected chi connectivity index (χ4v) is 2.74. The Balaban J connectivity index is 0.000000336. The minimum atomic E-state index is -0.484. The number of aromatic nitrogens is 2. The van der Waals surface area contributed by atoms with Gasteiger partial charge in [0.1, 0.15) is 0 Å². The molecule has 1 aliphatic rings. The molecule has 0 bridgehead atoms. The number of fused-ring (bicyclic) bond motifs is 1. The molecule has 1 aliphatic heterocycles. The summed E-state index contributed by atoms with van der Waals surface area (Å²) in [6, 6.07) is 9.44. The van der Waals surface area contributed by atoms with E-state index < -0.39 is 5.91 Å². The molecule has 0 radical (unpaired) electrons. The van der Waals surface area contributed by atoms with Crippen molar-refractivity contribution in [2.75, 3.05) is 13.1 Å². The number of primary amides is 1. The molecule has 0 atom stereocenters. The Kier molecular flexibility index (Phi) is 7.76. The number of amides is 3. The van der Waals surface area contributed by atoms with Crippen LogP contribution in [0.3, 0.4) is 0 Å². The monoisotopic (exact) mass is 403 g/mol. The van der Waals surface area contributed by atoms with E-state index in [4.69, 9.17) is 17.3 Å². The molecular formula is C19H22ClN5O3. The maximum atomic E-state index is 12.0. The summed E-state index contributed by atoms with van der Waals surface area (Å²) in [4.78, 5) is 35.9. The molecule has 2 heterocycles. The molecule has 0 fully saturated rings. The summed E-state index contributed by atoms with van der Waals surface area (Å²) in [5.41, 5.74) is 6.81. The van der Waals surface area contributed by atoms with Crippen LogP contribution < -0.4 is 11.1 Å². The molecule has 9 heteroatoms. The van der Waals surface area contributed by atoms with Crippen LogP contribution in [-0.4, -0.2) is 45.9 Å². The first-order chi connectivity index (χ1) is 13.4. The number of benzene rings is 1. The van der Waals surface area contributed by atoms with Gasteiger partial charge in [0, 0.05) is 42.2 Å². The average molecular weight is 404 g/mol. The van der Waals surface area contributed by atoms with Gasteiger partial charge in [-0.25, -0.2) is 0 Å². The van der Waals surface area contributed by atoms with Crippen LogP contribution in [0.15, 0.2) is 43.0 Å². The van der Waals surface area contributed by atoms with Crippen LogP contribution in [0, 0.1) is 0 Å². The molecule has 2 aromatic rings. The molecule has 1 aromatic carbocycles. The number of H-pyrrole nitrogens is 1. The van der Waals surface area contributed by atoms with E-state index in [2.05, 4.69) is 22.1 Å². The van der Waals surface area contributed by atoms with Crippen molar-refractivity contribution in [3.63, 3.8) is 0 Å². The van der Waals surface area contributed by atoms with Gasteiger partial charge in [0.25, 0.3) is 5.91 Å². The van der Waals surface area contributed by atoms with Crippen molar-refractivity contribution in [2.24, 2.45) is 5.73 Å². The van der Waals surface area contributed by atoms with Gasteiger partial charge in [-0.1, -0.05) is 36.4 Å². The van der Waals surface area contributed by atoms with Gasteiger partial charge in [-0.2, -0.15) is 5.10 Å². The third-order valence-electron chi connectivity index (χ3n) is 4.02. The van der Waals surface area contributed by atoms with Gasteiger partial charge in [0.15, 0.2) is 5.69 Å². The second kappa shape index (κ2) is 10.3. The van der Waals surface area contributed by atoms with Crippen molar-refractivity contribution in [3.05, 3.63) is 65.0 Å². The largest absolute Gasteiger partial charge is 0.370 e. The zero-order valence-corrected chi connectivity index (χ0v) is 16.0. The summed E-state index contributed by atoms with van der Waals surface area (Å²) < 4.78 is 0. The molecule has 0 saturated carbocycles. The number of carbonyl (C=O) groups excluding carboxylic acids is 3. The molecule has 0 unspecified atom stereocenters. The first-order valence-electron chi connectivity index (χ1n) is 8.67. The molecule has 148 valence electrons. The van der Waals surface area contributed by atoms with E-state index in [1.54, 1.807) is 4.90 Å². The summed E-state index contributed by atoms with van der Waals surface area (Å²) in [5.74, 6) is -1.05. The van der Waals surface area contributed by atoms with Gasteiger partial charge in [-0.3, -0.25) is 19.5 Å². The highest BCUT2D eigenvalue weighted by molar-refractivity contribution is 6.30. The van der Waals surface area contributed by atoms with Crippen molar-refractivity contribution in [1.82, 2.24) is 20.4 Å². The molecule has 0 spiro atoms. The van der Waals surface area contributed by atoms with Crippen LogP contribution in [0.5, 0.6) is 0 Å². The Bertz CT molecular complexity index is 851.